The highest BCUT2D eigenvalue weighted by Crippen LogP contribution is 2.27. The third-order valence-corrected chi connectivity index (χ3v) is 4.94. The van der Waals surface area contributed by atoms with E-state index in [-0.39, 0.29) is 29.3 Å². The fraction of sp³-hybridized carbons (Fsp3) is 0.0833. The Kier molecular flexibility index (Phi) is 7.69. The zero-order valence-corrected chi connectivity index (χ0v) is 18.5. The number of nitriles is 1. The summed E-state index contributed by atoms with van der Waals surface area (Å²) >= 11 is 6.12. The van der Waals surface area contributed by atoms with Crippen molar-refractivity contribution >= 4 is 40.7 Å². The molecule has 6 N–H and O–H groups in total. The molecule has 0 bridgehead atoms. The second-order valence-electron chi connectivity index (χ2n) is 7.08. The molecule has 1 amide bonds. The van der Waals surface area contributed by atoms with Crippen molar-refractivity contribution in [1.29, 1.82) is 10.7 Å². The van der Waals surface area contributed by atoms with Crippen molar-refractivity contribution in [3.05, 3.63) is 87.9 Å². The van der Waals surface area contributed by atoms with Gasteiger partial charge in [0.2, 0.25) is 0 Å². The van der Waals surface area contributed by atoms with Crippen LogP contribution in [0.25, 0.3) is 0 Å². The van der Waals surface area contributed by atoms with E-state index in [2.05, 4.69) is 10.6 Å². The fourth-order valence-corrected chi connectivity index (χ4v) is 3.27. The lowest BCUT2D eigenvalue weighted by atomic mass is 10.1. The predicted octanol–water partition coefficient (Wildman–Crippen LogP) is 3.82. The molecule has 0 fully saturated rings. The Balaban J connectivity index is 1.82. The third-order valence-electron chi connectivity index (χ3n) is 4.71. The standard InChI is InChI=1S/C24H20ClN5O4/c25-17-6-9-20(19(10-17)24(33)30-18-7-4-14(5-8-18)23(27)28)29-12-16-3-1-2-15(11-26)22(16)34-13-21(31)32/h1-10,29H,12-13H2,(H3,27,28)(H,30,33)(H,31,32). The molecule has 0 unspecified atom stereocenters. The van der Waals surface area contributed by atoms with Crippen molar-refractivity contribution in [2.75, 3.05) is 17.2 Å². The number of benzene rings is 3. The molecule has 0 heterocycles. The number of carboxylic acids is 1. The first-order valence-corrected chi connectivity index (χ1v) is 10.3. The summed E-state index contributed by atoms with van der Waals surface area (Å²) in [7, 11) is 0. The average molecular weight is 478 g/mol. The van der Waals surface area contributed by atoms with Crippen LogP contribution in [-0.4, -0.2) is 29.4 Å². The van der Waals surface area contributed by atoms with Gasteiger partial charge in [0.25, 0.3) is 5.91 Å². The molecule has 9 nitrogen and oxygen atoms in total. The smallest absolute Gasteiger partial charge is 0.341 e. The van der Waals surface area contributed by atoms with E-state index in [1.165, 1.54) is 12.1 Å². The maximum absolute atomic E-state index is 13.0. The Morgan fingerprint density at radius 2 is 1.88 bits per heavy atom. The highest BCUT2D eigenvalue weighted by atomic mass is 35.5. The van der Waals surface area contributed by atoms with Gasteiger partial charge < -0.3 is 26.2 Å². The molecule has 0 saturated carbocycles. The molecule has 0 aliphatic rings. The number of amidine groups is 1. The Morgan fingerprint density at radius 1 is 1.15 bits per heavy atom. The number of hydrogen-bond donors (Lipinski definition) is 5. The number of halogens is 1. The number of ether oxygens (including phenoxy) is 1. The monoisotopic (exact) mass is 477 g/mol. The lowest BCUT2D eigenvalue weighted by Crippen LogP contribution is -2.16. The molecule has 0 radical (unpaired) electrons. The van der Waals surface area contributed by atoms with Crippen molar-refractivity contribution in [3.8, 4) is 11.8 Å². The molecule has 0 aromatic heterocycles. The van der Waals surface area contributed by atoms with Crippen LogP contribution < -0.4 is 21.1 Å². The van der Waals surface area contributed by atoms with Gasteiger partial charge in [0.15, 0.2) is 6.61 Å². The van der Waals surface area contributed by atoms with Crippen LogP contribution in [0.15, 0.2) is 60.7 Å². The molecular formula is C24H20ClN5O4. The summed E-state index contributed by atoms with van der Waals surface area (Å²) in [5, 5.41) is 32.0. The number of carboxylic acid groups (broad SMARTS) is 1. The number of rotatable bonds is 9. The maximum Gasteiger partial charge on any atom is 0.341 e. The highest BCUT2D eigenvalue weighted by molar-refractivity contribution is 6.31. The first-order chi connectivity index (χ1) is 16.3. The Hall–Kier alpha value is -4.55. The summed E-state index contributed by atoms with van der Waals surface area (Å²) < 4.78 is 5.32. The molecule has 3 aromatic rings. The van der Waals surface area contributed by atoms with Gasteiger partial charge in [-0.15, -0.1) is 0 Å². The lowest BCUT2D eigenvalue weighted by Gasteiger charge is -2.16. The van der Waals surface area contributed by atoms with Crippen LogP contribution in [0, 0.1) is 16.7 Å². The Labute approximate surface area is 200 Å². The first-order valence-electron chi connectivity index (χ1n) is 9.94. The molecule has 34 heavy (non-hydrogen) atoms. The fourth-order valence-electron chi connectivity index (χ4n) is 3.10. The number of aliphatic carboxylic acids is 1. The van der Waals surface area contributed by atoms with Gasteiger partial charge >= 0.3 is 5.97 Å². The van der Waals surface area contributed by atoms with E-state index in [0.717, 1.165) is 0 Å². The van der Waals surface area contributed by atoms with Gasteiger partial charge in [-0.05, 0) is 48.5 Å². The SMILES string of the molecule is N#Cc1cccc(CNc2ccc(Cl)cc2C(=O)Nc2ccc(C(=N)N)cc2)c1OCC(=O)O. The zero-order chi connectivity index (χ0) is 24.7. The number of nitrogens with zero attached hydrogens (tertiary/aromatic N) is 1. The van der Waals surface area contributed by atoms with Crippen molar-refractivity contribution in [2.45, 2.75) is 6.54 Å². The second kappa shape index (κ2) is 10.8. The lowest BCUT2D eigenvalue weighted by molar-refractivity contribution is -0.139. The van der Waals surface area contributed by atoms with Crippen LogP contribution in [-0.2, 0) is 11.3 Å². The van der Waals surface area contributed by atoms with E-state index in [0.29, 0.717) is 27.5 Å². The quantitative estimate of drug-likeness (QED) is 0.231. The van der Waals surface area contributed by atoms with Crippen molar-refractivity contribution in [2.24, 2.45) is 5.73 Å². The van der Waals surface area contributed by atoms with Crippen LogP contribution in [0.1, 0.15) is 27.0 Å². The van der Waals surface area contributed by atoms with Gasteiger partial charge in [0.1, 0.15) is 17.7 Å². The number of anilines is 2. The molecular weight excluding hydrogens is 458 g/mol. The van der Waals surface area contributed by atoms with E-state index >= 15 is 0 Å². The minimum Gasteiger partial charge on any atom is -0.480 e. The highest BCUT2D eigenvalue weighted by Gasteiger charge is 2.15. The van der Waals surface area contributed by atoms with E-state index in [4.69, 9.17) is 32.6 Å². The number of carbonyl (C=O) groups is 2. The van der Waals surface area contributed by atoms with E-state index < -0.39 is 18.5 Å². The summed E-state index contributed by atoms with van der Waals surface area (Å²) in [6.45, 7) is -0.442. The summed E-state index contributed by atoms with van der Waals surface area (Å²) in [6, 6.07) is 18.1. The number of amides is 1. The number of nitrogens with two attached hydrogens (primary N) is 1. The topological polar surface area (TPSA) is 161 Å². The van der Waals surface area contributed by atoms with Crippen molar-refractivity contribution in [1.82, 2.24) is 0 Å². The first kappa shape index (κ1) is 24.1. The normalized spacial score (nSPS) is 10.1. The molecule has 172 valence electrons. The van der Waals surface area contributed by atoms with Gasteiger partial charge in [-0.25, -0.2) is 4.79 Å². The van der Waals surface area contributed by atoms with Gasteiger partial charge in [-0.3, -0.25) is 10.2 Å². The summed E-state index contributed by atoms with van der Waals surface area (Å²) in [6.07, 6.45) is 0. The maximum atomic E-state index is 13.0. The predicted molar refractivity (Wildman–Crippen MR) is 128 cm³/mol. The molecule has 3 aromatic carbocycles. The van der Waals surface area contributed by atoms with Gasteiger partial charge in [0, 0.05) is 34.1 Å². The van der Waals surface area contributed by atoms with Gasteiger partial charge in [-0.2, -0.15) is 5.26 Å². The zero-order valence-electron chi connectivity index (χ0n) is 17.8. The molecule has 10 heteroatoms. The summed E-state index contributed by atoms with van der Waals surface area (Å²) in [4.78, 5) is 23.9. The van der Waals surface area contributed by atoms with Crippen LogP contribution >= 0.6 is 11.6 Å². The second-order valence-corrected chi connectivity index (χ2v) is 7.51. The minimum absolute atomic E-state index is 0.0774. The molecule has 0 atom stereocenters. The number of hydrogen-bond acceptors (Lipinski definition) is 6. The molecule has 0 aliphatic carbocycles. The molecule has 0 aliphatic heterocycles. The summed E-state index contributed by atoms with van der Waals surface area (Å²) in [5.41, 5.74) is 7.97. The number of carbonyl (C=O) groups excluding carboxylic acids is 1. The number of nitrogens with one attached hydrogen (secondary N) is 3. The molecule has 0 saturated heterocycles. The van der Waals surface area contributed by atoms with Crippen molar-refractivity contribution < 1.29 is 19.4 Å². The van der Waals surface area contributed by atoms with Gasteiger partial charge in [0.05, 0.1) is 11.1 Å². The minimum atomic E-state index is -1.17. The molecule has 0 spiro atoms. The van der Waals surface area contributed by atoms with E-state index in [1.54, 1.807) is 48.5 Å². The van der Waals surface area contributed by atoms with Crippen LogP contribution in [0.5, 0.6) is 5.75 Å². The number of nitrogen functional groups attached to an aromatic ring is 1. The van der Waals surface area contributed by atoms with E-state index in [9.17, 15) is 14.9 Å². The van der Waals surface area contributed by atoms with Crippen LogP contribution in [0.4, 0.5) is 11.4 Å². The molecule has 3 rings (SSSR count). The average Bonchev–Trinajstić information content (AvgIpc) is 2.82. The van der Waals surface area contributed by atoms with E-state index in [1.807, 2.05) is 6.07 Å². The van der Waals surface area contributed by atoms with Crippen LogP contribution in [0.3, 0.4) is 0 Å². The van der Waals surface area contributed by atoms with Crippen LogP contribution in [0.2, 0.25) is 5.02 Å². The van der Waals surface area contributed by atoms with Gasteiger partial charge in [-0.1, -0.05) is 23.7 Å². The largest absolute Gasteiger partial charge is 0.480 e. The Bertz CT molecular complexity index is 1290. The Morgan fingerprint density at radius 3 is 2.53 bits per heavy atom. The van der Waals surface area contributed by atoms with Crippen molar-refractivity contribution in [3.63, 3.8) is 0 Å². The summed E-state index contributed by atoms with van der Waals surface area (Å²) in [5.74, 6) is -1.51. The third kappa shape index (κ3) is 6.03. The number of para-hydroxylation sites is 1.